The summed E-state index contributed by atoms with van der Waals surface area (Å²) in [5.41, 5.74) is 1.13. The van der Waals surface area contributed by atoms with Crippen LogP contribution in [0, 0.1) is 5.82 Å². The Hall–Kier alpha value is -4.72. The highest BCUT2D eigenvalue weighted by Crippen LogP contribution is 2.58. The number of anilines is 1. The summed E-state index contributed by atoms with van der Waals surface area (Å²) in [6.45, 7) is 1.01. The monoisotopic (exact) mass is 493 g/mol. The van der Waals surface area contributed by atoms with E-state index < -0.39 is 22.9 Å². The highest BCUT2D eigenvalue weighted by molar-refractivity contribution is 6.33. The van der Waals surface area contributed by atoms with Gasteiger partial charge in [0.15, 0.2) is 11.6 Å². The molecule has 182 valence electrons. The summed E-state index contributed by atoms with van der Waals surface area (Å²) in [7, 11) is 1.53. The van der Waals surface area contributed by atoms with Gasteiger partial charge in [-0.05, 0) is 42.5 Å². The zero-order valence-electron chi connectivity index (χ0n) is 19.7. The number of ketones is 2. The maximum atomic E-state index is 14.8. The highest BCUT2D eigenvalue weighted by atomic mass is 19.1. The molecule has 3 aliphatic heterocycles. The fourth-order valence-electron chi connectivity index (χ4n) is 6.07. The van der Waals surface area contributed by atoms with Crippen LogP contribution in [0.5, 0.6) is 5.75 Å². The number of hydrogen-bond acceptors (Lipinski definition) is 6. The van der Waals surface area contributed by atoms with Crippen LogP contribution in [-0.4, -0.2) is 42.6 Å². The van der Waals surface area contributed by atoms with Gasteiger partial charge in [-0.15, -0.1) is 0 Å². The summed E-state index contributed by atoms with van der Waals surface area (Å²) in [6, 6.07) is 17.7. The van der Waals surface area contributed by atoms with Crippen molar-refractivity contribution in [2.45, 2.75) is 5.41 Å². The normalized spacial score (nSPS) is 21.0. The SMILES string of the molecule is COc1ccc(C(=O)C2=C3NCCN3C3=C(C(=O)c4ccccc43)C23C(=O)Nc2ccc(F)cc23)cc1. The number of rotatable bonds is 3. The molecule has 3 heterocycles. The summed E-state index contributed by atoms with van der Waals surface area (Å²) in [6.07, 6.45) is 0. The number of nitrogens with one attached hydrogen (secondary N) is 2. The molecular weight excluding hydrogens is 473 g/mol. The van der Waals surface area contributed by atoms with Gasteiger partial charge in [0.1, 0.15) is 22.8 Å². The van der Waals surface area contributed by atoms with Crippen LogP contribution >= 0.6 is 0 Å². The first-order valence-electron chi connectivity index (χ1n) is 11.9. The quantitative estimate of drug-likeness (QED) is 0.542. The van der Waals surface area contributed by atoms with E-state index in [1.54, 1.807) is 36.4 Å². The summed E-state index contributed by atoms with van der Waals surface area (Å²) in [5.74, 6) is -0.868. The molecule has 7 rings (SSSR count). The van der Waals surface area contributed by atoms with Crippen molar-refractivity contribution in [2.24, 2.45) is 0 Å². The Morgan fingerprint density at radius 1 is 1.03 bits per heavy atom. The van der Waals surface area contributed by atoms with E-state index >= 15 is 0 Å². The zero-order chi connectivity index (χ0) is 25.5. The van der Waals surface area contributed by atoms with Crippen molar-refractivity contribution in [1.82, 2.24) is 10.2 Å². The van der Waals surface area contributed by atoms with E-state index in [-0.39, 0.29) is 22.5 Å². The van der Waals surface area contributed by atoms with Gasteiger partial charge in [-0.2, -0.15) is 0 Å². The molecule has 2 N–H and O–H groups in total. The van der Waals surface area contributed by atoms with E-state index in [0.717, 1.165) is 0 Å². The summed E-state index contributed by atoms with van der Waals surface area (Å²) >= 11 is 0. The van der Waals surface area contributed by atoms with Crippen molar-refractivity contribution < 1.29 is 23.5 Å². The smallest absolute Gasteiger partial charge is 0.244 e. The van der Waals surface area contributed by atoms with Gasteiger partial charge in [-0.3, -0.25) is 14.4 Å². The molecule has 0 bridgehead atoms. The van der Waals surface area contributed by atoms with Crippen molar-refractivity contribution in [3.8, 4) is 5.75 Å². The van der Waals surface area contributed by atoms with Gasteiger partial charge >= 0.3 is 0 Å². The van der Waals surface area contributed by atoms with Gasteiger partial charge in [-0.25, -0.2) is 4.39 Å². The van der Waals surface area contributed by atoms with Crippen LogP contribution in [0.1, 0.15) is 31.8 Å². The zero-order valence-corrected chi connectivity index (χ0v) is 19.7. The minimum Gasteiger partial charge on any atom is -0.497 e. The van der Waals surface area contributed by atoms with Gasteiger partial charge < -0.3 is 20.3 Å². The van der Waals surface area contributed by atoms with Crippen molar-refractivity contribution in [3.05, 3.63) is 112 Å². The van der Waals surface area contributed by atoms with Gasteiger partial charge in [0.2, 0.25) is 5.91 Å². The third kappa shape index (κ3) is 2.61. The molecule has 3 aromatic carbocycles. The average molecular weight is 493 g/mol. The molecule has 1 unspecified atom stereocenters. The van der Waals surface area contributed by atoms with Crippen LogP contribution in [0.15, 0.2) is 83.7 Å². The number of carbonyl (C=O) groups is 3. The van der Waals surface area contributed by atoms with E-state index in [9.17, 15) is 18.8 Å². The van der Waals surface area contributed by atoms with E-state index in [2.05, 4.69) is 10.6 Å². The number of benzene rings is 3. The number of fused-ring (bicyclic) bond motifs is 7. The molecule has 1 spiro atoms. The topological polar surface area (TPSA) is 87.7 Å². The number of ether oxygens (including phenoxy) is 1. The lowest BCUT2D eigenvalue weighted by atomic mass is 9.64. The molecule has 0 saturated carbocycles. The molecule has 1 atom stereocenters. The first-order chi connectivity index (χ1) is 18.0. The lowest BCUT2D eigenvalue weighted by molar-refractivity contribution is -0.118. The van der Waals surface area contributed by atoms with Crippen molar-refractivity contribution in [1.29, 1.82) is 0 Å². The molecular formula is C29H20FN3O4. The van der Waals surface area contributed by atoms with Gasteiger partial charge in [0.05, 0.1) is 18.4 Å². The number of hydrogen-bond donors (Lipinski definition) is 2. The first kappa shape index (κ1) is 21.6. The minimum absolute atomic E-state index is 0.108. The second-order valence-corrected chi connectivity index (χ2v) is 9.35. The Labute approximate surface area is 211 Å². The molecule has 3 aromatic rings. The molecule has 7 nitrogen and oxygen atoms in total. The van der Waals surface area contributed by atoms with Crippen LogP contribution in [-0.2, 0) is 10.2 Å². The van der Waals surface area contributed by atoms with E-state index in [1.165, 1.54) is 25.3 Å². The molecule has 8 heteroatoms. The maximum absolute atomic E-state index is 14.8. The number of nitrogens with zero attached hydrogens (tertiary/aromatic N) is 1. The average Bonchev–Trinajstić information content (AvgIpc) is 3.59. The second kappa shape index (κ2) is 7.39. The van der Waals surface area contributed by atoms with Gasteiger partial charge in [-0.1, -0.05) is 24.3 Å². The van der Waals surface area contributed by atoms with Crippen molar-refractivity contribution in [3.63, 3.8) is 0 Å². The Bertz CT molecular complexity index is 1640. The number of carbonyl (C=O) groups excluding carboxylic acids is 3. The molecule has 1 aliphatic carbocycles. The fraction of sp³-hybridized carbons (Fsp3) is 0.138. The van der Waals surface area contributed by atoms with Crippen LogP contribution < -0.4 is 15.4 Å². The standard InChI is InChI=1S/C29H20FN3O4/c1-37-17-9-6-15(7-10-17)25(34)23-27-31-12-13-33(27)24-18-4-2-3-5-19(18)26(35)22(24)29(23)20-14-16(30)8-11-21(20)32-28(29)36/h2-11,14,31H,12-13H2,1H3,(H,32,36). The number of halogens is 1. The largest absolute Gasteiger partial charge is 0.497 e. The number of Topliss-reactive ketones (excluding diaryl/α,β-unsaturated/α-hetero) is 2. The molecule has 37 heavy (non-hydrogen) atoms. The van der Waals surface area contributed by atoms with E-state index in [1.807, 2.05) is 17.0 Å². The minimum atomic E-state index is -1.83. The lowest BCUT2D eigenvalue weighted by Crippen LogP contribution is -2.48. The lowest BCUT2D eigenvalue weighted by Gasteiger charge is -2.39. The van der Waals surface area contributed by atoms with E-state index in [4.69, 9.17) is 4.74 Å². The van der Waals surface area contributed by atoms with Crippen LogP contribution in [0.25, 0.3) is 5.70 Å². The van der Waals surface area contributed by atoms with Crippen LogP contribution in [0.3, 0.4) is 0 Å². The molecule has 0 radical (unpaired) electrons. The number of amides is 1. The summed E-state index contributed by atoms with van der Waals surface area (Å²) < 4.78 is 20.0. The Balaban J connectivity index is 1.58. The predicted molar refractivity (Wildman–Crippen MR) is 133 cm³/mol. The van der Waals surface area contributed by atoms with Crippen LogP contribution in [0.4, 0.5) is 10.1 Å². The molecule has 1 fully saturated rings. The molecule has 1 saturated heterocycles. The van der Waals surface area contributed by atoms with Crippen molar-refractivity contribution >= 4 is 28.9 Å². The van der Waals surface area contributed by atoms with Crippen LogP contribution in [0.2, 0.25) is 0 Å². The third-order valence-corrected chi connectivity index (χ3v) is 7.60. The first-order valence-corrected chi connectivity index (χ1v) is 11.9. The Kier molecular flexibility index (Phi) is 4.31. The fourth-order valence-corrected chi connectivity index (χ4v) is 6.07. The van der Waals surface area contributed by atoms with Gasteiger partial charge in [0.25, 0.3) is 0 Å². The molecule has 4 aliphatic rings. The third-order valence-electron chi connectivity index (χ3n) is 7.60. The van der Waals surface area contributed by atoms with Gasteiger partial charge in [0, 0.05) is 46.6 Å². The van der Waals surface area contributed by atoms with E-state index in [0.29, 0.717) is 52.7 Å². The maximum Gasteiger partial charge on any atom is 0.244 e. The summed E-state index contributed by atoms with van der Waals surface area (Å²) in [5, 5.41) is 6.13. The Morgan fingerprint density at radius 3 is 2.54 bits per heavy atom. The predicted octanol–water partition coefficient (Wildman–Crippen LogP) is 3.65. The molecule has 0 aromatic heterocycles. The Morgan fingerprint density at radius 2 is 1.78 bits per heavy atom. The number of methoxy groups -OCH3 is 1. The summed E-state index contributed by atoms with van der Waals surface area (Å²) in [4.78, 5) is 44.4. The second-order valence-electron chi connectivity index (χ2n) is 9.35. The highest BCUT2D eigenvalue weighted by Gasteiger charge is 2.63. The van der Waals surface area contributed by atoms with Crippen molar-refractivity contribution in [2.75, 3.05) is 25.5 Å². The molecule has 1 amide bonds.